The highest BCUT2D eigenvalue weighted by molar-refractivity contribution is 5.05. The Balaban J connectivity index is 4.06. The molecule has 0 aromatic heterocycles. The summed E-state index contributed by atoms with van der Waals surface area (Å²) < 4.78 is 5.74. The van der Waals surface area contributed by atoms with Gasteiger partial charge in [0.1, 0.15) is 5.54 Å². The molecule has 100 valence electrons. The molecule has 0 heterocycles. The van der Waals surface area contributed by atoms with Gasteiger partial charge in [0.2, 0.25) is 0 Å². The molecule has 2 atom stereocenters. The Hall–Kier alpha value is -0.590. The van der Waals surface area contributed by atoms with Gasteiger partial charge in [0.05, 0.1) is 12.2 Å². The Bertz CT molecular complexity index is 245. The van der Waals surface area contributed by atoms with Crippen molar-refractivity contribution in [3.63, 3.8) is 0 Å². The van der Waals surface area contributed by atoms with E-state index in [1.54, 1.807) is 0 Å². The van der Waals surface area contributed by atoms with Crippen molar-refractivity contribution in [1.29, 1.82) is 5.26 Å². The van der Waals surface area contributed by atoms with Gasteiger partial charge in [0.15, 0.2) is 0 Å². The third kappa shape index (κ3) is 8.18. The maximum Gasteiger partial charge on any atom is 0.106 e. The third-order valence-corrected chi connectivity index (χ3v) is 2.65. The highest BCUT2D eigenvalue weighted by Crippen LogP contribution is 2.15. The van der Waals surface area contributed by atoms with Crippen LogP contribution in [0.2, 0.25) is 0 Å². The van der Waals surface area contributed by atoms with Gasteiger partial charge in [-0.3, -0.25) is 5.32 Å². The van der Waals surface area contributed by atoms with Gasteiger partial charge in [-0.1, -0.05) is 13.8 Å². The fraction of sp³-hybridized carbons (Fsp3) is 0.929. The van der Waals surface area contributed by atoms with Crippen molar-refractivity contribution in [3.05, 3.63) is 0 Å². The van der Waals surface area contributed by atoms with Crippen LogP contribution in [-0.2, 0) is 4.74 Å². The van der Waals surface area contributed by atoms with E-state index in [-0.39, 0.29) is 6.10 Å². The average Bonchev–Trinajstić information content (AvgIpc) is 2.15. The van der Waals surface area contributed by atoms with Crippen molar-refractivity contribution in [3.8, 4) is 6.07 Å². The molecule has 1 N–H and O–H groups in total. The molecule has 0 amide bonds. The van der Waals surface area contributed by atoms with E-state index in [0.29, 0.717) is 12.0 Å². The minimum absolute atomic E-state index is 0.115. The van der Waals surface area contributed by atoms with Crippen LogP contribution in [0.4, 0.5) is 0 Å². The summed E-state index contributed by atoms with van der Waals surface area (Å²) in [5.74, 6) is 0.665. The number of hydrogen-bond acceptors (Lipinski definition) is 3. The number of nitrogens with zero attached hydrogens (tertiary/aromatic N) is 1. The standard InChI is InChI=1S/C14H28N2O/c1-11(2)7-8-17-13(5)9-14(6,10-15)16-12(3)4/h11-13,16H,7-9H2,1-6H3. The molecule has 0 aliphatic heterocycles. The van der Waals surface area contributed by atoms with Crippen molar-refractivity contribution in [2.24, 2.45) is 5.92 Å². The van der Waals surface area contributed by atoms with Crippen LogP contribution in [0.15, 0.2) is 0 Å². The van der Waals surface area contributed by atoms with Gasteiger partial charge in [-0.2, -0.15) is 5.26 Å². The number of rotatable bonds is 8. The summed E-state index contributed by atoms with van der Waals surface area (Å²) in [7, 11) is 0. The van der Waals surface area contributed by atoms with E-state index in [0.717, 1.165) is 19.4 Å². The van der Waals surface area contributed by atoms with Crippen LogP contribution in [0.25, 0.3) is 0 Å². The predicted octanol–water partition coefficient (Wildman–Crippen LogP) is 3.11. The smallest absolute Gasteiger partial charge is 0.106 e. The first-order chi connectivity index (χ1) is 7.79. The number of hydrogen-bond donors (Lipinski definition) is 1. The molecule has 0 rings (SSSR count). The first kappa shape index (κ1) is 16.4. The lowest BCUT2D eigenvalue weighted by Crippen LogP contribution is -2.47. The quantitative estimate of drug-likeness (QED) is 0.709. The van der Waals surface area contributed by atoms with E-state index in [1.807, 2.05) is 13.8 Å². The summed E-state index contributed by atoms with van der Waals surface area (Å²) in [6.45, 7) is 13.2. The molecule has 0 radical (unpaired) electrons. The highest BCUT2D eigenvalue weighted by Gasteiger charge is 2.27. The molecular formula is C14H28N2O. The second kappa shape index (κ2) is 7.68. The first-order valence-electron chi connectivity index (χ1n) is 6.59. The second-order valence-corrected chi connectivity index (χ2v) is 5.81. The van der Waals surface area contributed by atoms with E-state index in [4.69, 9.17) is 4.74 Å². The maximum absolute atomic E-state index is 9.23. The predicted molar refractivity (Wildman–Crippen MR) is 71.8 cm³/mol. The molecular weight excluding hydrogens is 212 g/mol. The molecule has 0 saturated heterocycles. The molecule has 0 aromatic rings. The monoisotopic (exact) mass is 240 g/mol. The minimum Gasteiger partial charge on any atom is -0.378 e. The SMILES string of the molecule is CC(C)CCOC(C)CC(C)(C#N)NC(C)C. The number of ether oxygens (including phenoxy) is 1. The van der Waals surface area contributed by atoms with E-state index >= 15 is 0 Å². The molecule has 0 saturated carbocycles. The summed E-state index contributed by atoms with van der Waals surface area (Å²) in [4.78, 5) is 0. The van der Waals surface area contributed by atoms with Crippen LogP contribution in [-0.4, -0.2) is 24.3 Å². The van der Waals surface area contributed by atoms with E-state index in [1.165, 1.54) is 0 Å². The van der Waals surface area contributed by atoms with Gasteiger partial charge in [0, 0.05) is 19.1 Å². The summed E-state index contributed by atoms with van der Waals surface area (Å²) in [6.07, 6.45) is 1.91. The van der Waals surface area contributed by atoms with Gasteiger partial charge in [0.25, 0.3) is 0 Å². The molecule has 17 heavy (non-hydrogen) atoms. The van der Waals surface area contributed by atoms with Crippen LogP contribution in [0.3, 0.4) is 0 Å². The molecule has 0 fully saturated rings. The molecule has 0 spiro atoms. The molecule has 0 aliphatic carbocycles. The largest absolute Gasteiger partial charge is 0.378 e. The Morgan fingerprint density at radius 1 is 1.24 bits per heavy atom. The van der Waals surface area contributed by atoms with Crippen LogP contribution in [0, 0.1) is 17.2 Å². The van der Waals surface area contributed by atoms with Crippen LogP contribution >= 0.6 is 0 Å². The van der Waals surface area contributed by atoms with Gasteiger partial charge < -0.3 is 4.74 Å². The third-order valence-electron chi connectivity index (χ3n) is 2.65. The van der Waals surface area contributed by atoms with Gasteiger partial charge in [-0.25, -0.2) is 0 Å². The first-order valence-corrected chi connectivity index (χ1v) is 6.59. The van der Waals surface area contributed by atoms with Gasteiger partial charge >= 0.3 is 0 Å². The molecule has 3 nitrogen and oxygen atoms in total. The summed E-state index contributed by atoms with van der Waals surface area (Å²) in [5.41, 5.74) is -0.495. The molecule has 3 heteroatoms. The van der Waals surface area contributed by atoms with Gasteiger partial charge in [-0.15, -0.1) is 0 Å². The Morgan fingerprint density at radius 2 is 1.82 bits per heavy atom. The Kier molecular flexibility index (Phi) is 7.41. The Morgan fingerprint density at radius 3 is 2.24 bits per heavy atom. The number of nitrogens with one attached hydrogen (secondary N) is 1. The zero-order valence-corrected chi connectivity index (χ0v) is 12.2. The van der Waals surface area contributed by atoms with E-state index in [9.17, 15) is 5.26 Å². The fourth-order valence-corrected chi connectivity index (χ4v) is 1.91. The van der Waals surface area contributed by atoms with Crippen LogP contribution < -0.4 is 5.32 Å². The Labute approximate surface area is 107 Å². The molecule has 0 aromatic carbocycles. The zero-order valence-electron chi connectivity index (χ0n) is 12.2. The molecule has 0 aliphatic rings. The van der Waals surface area contributed by atoms with Crippen LogP contribution in [0.5, 0.6) is 0 Å². The lowest BCUT2D eigenvalue weighted by molar-refractivity contribution is 0.0406. The lowest BCUT2D eigenvalue weighted by atomic mass is 9.95. The maximum atomic E-state index is 9.23. The number of nitriles is 1. The van der Waals surface area contributed by atoms with Crippen molar-refractivity contribution in [2.75, 3.05) is 6.61 Å². The summed E-state index contributed by atoms with van der Waals surface area (Å²) in [6, 6.07) is 2.66. The molecule has 0 bridgehead atoms. The summed E-state index contributed by atoms with van der Waals surface area (Å²) >= 11 is 0. The van der Waals surface area contributed by atoms with Crippen molar-refractivity contribution < 1.29 is 4.74 Å². The van der Waals surface area contributed by atoms with E-state index < -0.39 is 5.54 Å². The van der Waals surface area contributed by atoms with Crippen molar-refractivity contribution in [1.82, 2.24) is 5.32 Å². The molecule has 2 unspecified atom stereocenters. The second-order valence-electron chi connectivity index (χ2n) is 5.81. The van der Waals surface area contributed by atoms with Gasteiger partial charge in [-0.05, 0) is 40.0 Å². The zero-order chi connectivity index (χ0) is 13.5. The average molecular weight is 240 g/mol. The van der Waals surface area contributed by atoms with Crippen LogP contribution in [0.1, 0.15) is 54.4 Å². The highest BCUT2D eigenvalue weighted by atomic mass is 16.5. The fourth-order valence-electron chi connectivity index (χ4n) is 1.91. The van der Waals surface area contributed by atoms with E-state index in [2.05, 4.69) is 39.1 Å². The summed E-state index contributed by atoms with van der Waals surface area (Å²) in [5, 5.41) is 12.5. The van der Waals surface area contributed by atoms with Crippen molar-refractivity contribution >= 4 is 0 Å². The lowest BCUT2D eigenvalue weighted by Gasteiger charge is -2.28. The normalized spacial score (nSPS) is 16.9. The van der Waals surface area contributed by atoms with Crippen molar-refractivity contribution in [2.45, 2.75) is 72.1 Å². The topological polar surface area (TPSA) is 45.0 Å². The minimum atomic E-state index is -0.495.